The van der Waals surface area contributed by atoms with Gasteiger partial charge in [0.15, 0.2) is 0 Å². The summed E-state index contributed by atoms with van der Waals surface area (Å²) in [6.45, 7) is 11.2. The zero-order valence-electron chi connectivity index (χ0n) is 9.31. The predicted molar refractivity (Wildman–Crippen MR) is 54.6 cm³/mol. The van der Waals surface area contributed by atoms with Crippen molar-refractivity contribution in [2.75, 3.05) is 19.6 Å². The molecule has 0 aromatic rings. The summed E-state index contributed by atoms with van der Waals surface area (Å²) in [7, 11) is 0. The molecule has 78 valence electrons. The van der Waals surface area contributed by atoms with Crippen molar-refractivity contribution in [3.05, 3.63) is 0 Å². The van der Waals surface area contributed by atoms with Gasteiger partial charge in [-0.05, 0) is 19.3 Å². The number of hydrogen-bond acceptors (Lipinski definition) is 1. The van der Waals surface area contributed by atoms with E-state index >= 15 is 0 Å². The molecule has 0 aromatic heterocycles. The molecule has 0 radical (unpaired) electrons. The van der Waals surface area contributed by atoms with E-state index in [-0.39, 0.29) is 5.92 Å². The van der Waals surface area contributed by atoms with Crippen molar-refractivity contribution in [2.24, 2.45) is 11.8 Å². The lowest BCUT2D eigenvalue weighted by atomic mass is 9.85. The van der Waals surface area contributed by atoms with E-state index in [1.54, 1.807) is 6.92 Å². The van der Waals surface area contributed by atoms with E-state index in [2.05, 4.69) is 18.7 Å². The van der Waals surface area contributed by atoms with E-state index in [4.69, 9.17) is 0 Å². The number of halogens is 1. The maximum absolute atomic E-state index is 13.7. The third-order valence-electron chi connectivity index (χ3n) is 3.10. The first-order chi connectivity index (χ1) is 5.92. The molecule has 1 saturated heterocycles. The standard InChI is InChI=1S/C11H22FN/c1-9(2)7-13-6-5-11(4,12)10(3)8-13/h9-10H,5-8H2,1-4H3/t10-,11?/m0/s1. The summed E-state index contributed by atoms with van der Waals surface area (Å²) in [6.07, 6.45) is 0.695. The van der Waals surface area contributed by atoms with Crippen molar-refractivity contribution >= 4 is 0 Å². The van der Waals surface area contributed by atoms with E-state index in [9.17, 15) is 4.39 Å². The van der Waals surface area contributed by atoms with Gasteiger partial charge in [0.1, 0.15) is 5.67 Å². The summed E-state index contributed by atoms with van der Waals surface area (Å²) in [5.74, 6) is 0.871. The van der Waals surface area contributed by atoms with Crippen LogP contribution in [0.3, 0.4) is 0 Å². The summed E-state index contributed by atoms with van der Waals surface area (Å²) in [5.41, 5.74) is -0.937. The molecule has 1 aliphatic rings. The second-order valence-corrected chi connectivity index (χ2v) is 5.08. The van der Waals surface area contributed by atoms with Crippen LogP contribution in [0.25, 0.3) is 0 Å². The molecule has 1 rings (SSSR count). The minimum Gasteiger partial charge on any atom is -0.303 e. The Morgan fingerprint density at radius 2 is 2.15 bits per heavy atom. The van der Waals surface area contributed by atoms with Gasteiger partial charge in [-0.15, -0.1) is 0 Å². The summed E-state index contributed by atoms with van der Waals surface area (Å²) >= 11 is 0. The van der Waals surface area contributed by atoms with Crippen LogP contribution in [0.1, 0.15) is 34.1 Å². The Labute approximate surface area is 81.3 Å². The average molecular weight is 187 g/mol. The molecule has 1 fully saturated rings. The Morgan fingerprint density at radius 3 is 2.62 bits per heavy atom. The summed E-state index contributed by atoms with van der Waals surface area (Å²) in [5, 5.41) is 0. The molecule has 0 aromatic carbocycles. The van der Waals surface area contributed by atoms with Gasteiger partial charge in [0.05, 0.1) is 0 Å². The topological polar surface area (TPSA) is 3.24 Å². The van der Waals surface area contributed by atoms with E-state index in [1.165, 1.54) is 0 Å². The van der Waals surface area contributed by atoms with Crippen LogP contribution in [0.15, 0.2) is 0 Å². The fraction of sp³-hybridized carbons (Fsp3) is 1.00. The molecule has 1 aliphatic heterocycles. The summed E-state index contributed by atoms with van der Waals surface area (Å²) in [4.78, 5) is 2.39. The van der Waals surface area contributed by atoms with Crippen molar-refractivity contribution in [1.29, 1.82) is 0 Å². The van der Waals surface area contributed by atoms with Crippen molar-refractivity contribution in [1.82, 2.24) is 4.90 Å². The van der Waals surface area contributed by atoms with Crippen LogP contribution >= 0.6 is 0 Å². The van der Waals surface area contributed by atoms with Gasteiger partial charge >= 0.3 is 0 Å². The van der Waals surface area contributed by atoms with Crippen molar-refractivity contribution < 1.29 is 4.39 Å². The first-order valence-corrected chi connectivity index (χ1v) is 5.33. The molecule has 0 spiro atoms. The van der Waals surface area contributed by atoms with Gasteiger partial charge in [-0.2, -0.15) is 0 Å². The normalized spacial score (nSPS) is 36.9. The van der Waals surface area contributed by atoms with Gasteiger partial charge < -0.3 is 4.90 Å². The first-order valence-electron chi connectivity index (χ1n) is 5.33. The highest BCUT2D eigenvalue weighted by atomic mass is 19.1. The van der Waals surface area contributed by atoms with Gasteiger partial charge in [-0.25, -0.2) is 4.39 Å². The molecule has 13 heavy (non-hydrogen) atoms. The van der Waals surface area contributed by atoms with Crippen LogP contribution in [0, 0.1) is 11.8 Å². The minimum atomic E-state index is -0.937. The number of nitrogens with zero attached hydrogens (tertiary/aromatic N) is 1. The van der Waals surface area contributed by atoms with Crippen molar-refractivity contribution in [3.8, 4) is 0 Å². The molecule has 0 bridgehead atoms. The van der Waals surface area contributed by atoms with E-state index < -0.39 is 5.67 Å². The Balaban J connectivity index is 2.42. The fourth-order valence-electron chi connectivity index (χ4n) is 1.97. The Morgan fingerprint density at radius 1 is 1.54 bits per heavy atom. The molecule has 1 heterocycles. The Hall–Kier alpha value is -0.110. The molecule has 0 N–H and O–H groups in total. The van der Waals surface area contributed by atoms with E-state index in [1.807, 2.05) is 6.92 Å². The first kappa shape index (κ1) is 11.0. The van der Waals surface area contributed by atoms with Crippen LogP contribution in [0.4, 0.5) is 4.39 Å². The SMILES string of the molecule is CC(C)CN1CCC(C)(F)[C@@H](C)C1. The number of hydrogen-bond donors (Lipinski definition) is 0. The quantitative estimate of drug-likeness (QED) is 0.642. The van der Waals surface area contributed by atoms with E-state index in [0.29, 0.717) is 12.3 Å². The Kier molecular flexibility index (Phi) is 3.33. The number of likely N-dealkylation sites (tertiary alicyclic amines) is 1. The smallest absolute Gasteiger partial charge is 0.113 e. The van der Waals surface area contributed by atoms with E-state index in [0.717, 1.165) is 19.6 Å². The molecular formula is C11H22FN. The predicted octanol–water partition coefficient (Wildman–Crippen LogP) is 2.71. The number of alkyl halides is 1. The van der Waals surface area contributed by atoms with Crippen LogP contribution in [0.5, 0.6) is 0 Å². The second kappa shape index (κ2) is 3.95. The summed E-state index contributed by atoms with van der Waals surface area (Å²) in [6, 6.07) is 0. The van der Waals surface area contributed by atoms with Gasteiger partial charge in [0.25, 0.3) is 0 Å². The molecular weight excluding hydrogens is 165 g/mol. The largest absolute Gasteiger partial charge is 0.303 e. The van der Waals surface area contributed by atoms with Gasteiger partial charge in [-0.3, -0.25) is 0 Å². The van der Waals surface area contributed by atoms with Crippen molar-refractivity contribution in [2.45, 2.75) is 39.8 Å². The van der Waals surface area contributed by atoms with Crippen LogP contribution in [-0.4, -0.2) is 30.2 Å². The van der Waals surface area contributed by atoms with Crippen LogP contribution < -0.4 is 0 Å². The molecule has 0 amide bonds. The lowest BCUT2D eigenvalue weighted by Crippen LogP contribution is -2.47. The Bertz CT molecular complexity index is 165. The zero-order valence-corrected chi connectivity index (χ0v) is 9.31. The maximum Gasteiger partial charge on any atom is 0.113 e. The average Bonchev–Trinajstić information content (AvgIpc) is 1.97. The van der Waals surface area contributed by atoms with Gasteiger partial charge in [0, 0.05) is 25.6 Å². The monoisotopic (exact) mass is 187 g/mol. The number of piperidine rings is 1. The highest BCUT2D eigenvalue weighted by molar-refractivity contribution is 4.87. The molecule has 1 nitrogen and oxygen atoms in total. The molecule has 2 heteroatoms. The van der Waals surface area contributed by atoms with Gasteiger partial charge in [0.2, 0.25) is 0 Å². The highest BCUT2D eigenvalue weighted by Crippen LogP contribution is 2.31. The lowest BCUT2D eigenvalue weighted by Gasteiger charge is -2.40. The fourth-order valence-corrected chi connectivity index (χ4v) is 1.97. The summed E-state index contributed by atoms with van der Waals surface area (Å²) < 4.78 is 13.7. The van der Waals surface area contributed by atoms with Crippen molar-refractivity contribution in [3.63, 3.8) is 0 Å². The van der Waals surface area contributed by atoms with Crippen LogP contribution in [0.2, 0.25) is 0 Å². The number of rotatable bonds is 2. The molecule has 0 saturated carbocycles. The third kappa shape index (κ3) is 2.94. The third-order valence-corrected chi connectivity index (χ3v) is 3.10. The molecule has 2 atom stereocenters. The highest BCUT2D eigenvalue weighted by Gasteiger charge is 2.36. The second-order valence-electron chi connectivity index (χ2n) is 5.08. The molecule has 0 aliphatic carbocycles. The molecule has 1 unspecified atom stereocenters. The zero-order chi connectivity index (χ0) is 10.1. The van der Waals surface area contributed by atoms with Crippen LogP contribution in [-0.2, 0) is 0 Å². The van der Waals surface area contributed by atoms with Gasteiger partial charge in [-0.1, -0.05) is 20.8 Å². The maximum atomic E-state index is 13.7. The lowest BCUT2D eigenvalue weighted by molar-refractivity contribution is 0.0161. The minimum absolute atomic E-state index is 0.181.